The molecule has 1 saturated heterocycles. The van der Waals surface area contributed by atoms with Gasteiger partial charge in [-0.2, -0.15) is 0 Å². The van der Waals surface area contributed by atoms with Crippen LogP contribution in [-0.2, 0) is 20.4 Å². The molecule has 1 N–H and O–H groups in total. The Hall–Kier alpha value is -2.52. The van der Waals surface area contributed by atoms with Gasteiger partial charge in [0.25, 0.3) is 0 Å². The maximum absolute atomic E-state index is 12.7. The van der Waals surface area contributed by atoms with E-state index in [0.717, 1.165) is 56.5 Å². The highest BCUT2D eigenvalue weighted by Crippen LogP contribution is 2.38. The van der Waals surface area contributed by atoms with E-state index in [1.54, 1.807) is 6.07 Å². The number of carbonyl (C=O) groups is 2. The zero-order chi connectivity index (χ0) is 34.6. The van der Waals surface area contributed by atoms with Gasteiger partial charge in [-0.15, -0.1) is 0 Å². The van der Waals surface area contributed by atoms with E-state index in [2.05, 4.69) is 88.8 Å². The van der Waals surface area contributed by atoms with Crippen molar-refractivity contribution in [1.82, 2.24) is 20.2 Å². The van der Waals surface area contributed by atoms with Crippen LogP contribution in [0.1, 0.15) is 118 Å². The molecule has 10 heteroatoms. The number of benzene rings is 1. The van der Waals surface area contributed by atoms with Crippen LogP contribution in [0, 0.1) is 0 Å². The monoisotopic (exact) mass is 687 g/mol. The highest BCUT2D eigenvalue weighted by Gasteiger charge is 2.29. The summed E-state index contributed by atoms with van der Waals surface area (Å²) in [5.41, 5.74) is 2.76. The minimum atomic E-state index is -0.0639. The molecular formula is C37H58ClN5O3S. The van der Waals surface area contributed by atoms with Crippen LogP contribution in [0.5, 0.6) is 5.75 Å². The molecule has 0 bridgehead atoms. The SMILES string of the molecule is CCCCCC(=O)N1CCN(c2cc(Cl)nc(SCC(=O)NCCCCOc3ccc(C(C)(C)CC)cc3C(C)(C)CC)n2)CC1C. The first kappa shape index (κ1) is 38.9. The lowest BCUT2D eigenvalue weighted by Gasteiger charge is -2.40. The maximum atomic E-state index is 12.7. The Morgan fingerprint density at radius 2 is 1.74 bits per heavy atom. The van der Waals surface area contributed by atoms with Crippen LogP contribution in [0.4, 0.5) is 5.82 Å². The molecule has 2 amide bonds. The molecule has 0 saturated carbocycles. The smallest absolute Gasteiger partial charge is 0.230 e. The molecule has 2 aromatic rings. The highest BCUT2D eigenvalue weighted by molar-refractivity contribution is 7.99. The summed E-state index contributed by atoms with van der Waals surface area (Å²) >= 11 is 7.64. The number of aromatic nitrogens is 2. The van der Waals surface area contributed by atoms with Crippen LogP contribution < -0.4 is 15.0 Å². The molecule has 0 spiro atoms. The van der Waals surface area contributed by atoms with Crippen molar-refractivity contribution >= 4 is 41.0 Å². The van der Waals surface area contributed by atoms with Gasteiger partial charge in [0.15, 0.2) is 5.16 Å². The van der Waals surface area contributed by atoms with Gasteiger partial charge >= 0.3 is 0 Å². The third-order valence-corrected chi connectivity index (χ3v) is 10.7. The number of ether oxygens (including phenoxy) is 1. The number of piperazine rings is 1. The Kier molecular flexibility index (Phi) is 15.2. The predicted molar refractivity (Wildman–Crippen MR) is 196 cm³/mol. The van der Waals surface area contributed by atoms with E-state index in [1.807, 2.05) is 4.90 Å². The minimum absolute atomic E-state index is 0.0235. The third kappa shape index (κ3) is 11.6. The van der Waals surface area contributed by atoms with E-state index in [4.69, 9.17) is 21.3 Å². The average molecular weight is 688 g/mol. The summed E-state index contributed by atoms with van der Waals surface area (Å²) in [6, 6.07) is 8.52. The number of thioether (sulfide) groups is 1. The van der Waals surface area contributed by atoms with Gasteiger partial charge in [0, 0.05) is 50.3 Å². The molecular weight excluding hydrogens is 630 g/mol. The van der Waals surface area contributed by atoms with E-state index in [-0.39, 0.29) is 34.4 Å². The summed E-state index contributed by atoms with van der Waals surface area (Å²) in [6.07, 6.45) is 7.52. The summed E-state index contributed by atoms with van der Waals surface area (Å²) in [5, 5.41) is 3.83. The van der Waals surface area contributed by atoms with Gasteiger partial charge in [0.1, 0.15) is 16.7 Å². The number of halogens is 1. The number of rotatable bonds is 18. The number of unbranched alkanes of at least 4 members (excludes halogenated alkanes) is 3. The first-order valence-corrected chi connectivity index (χ1v) is 18.9. The van der Waals surface area contributed by atoms with Crippen molar-refractivity contribution in [1.29, 1.82) is 0 Å². The van der Waals surface area contributed by atoms with Crippen molar-refractivity contribution in [3.05, 3.63) is 40.5 Å². The molecule has 0 radical (unpaired) electrons. The van der Waals surface area contributed by atoms with Gasteiger partial charge in [-0.05, 0) is 61.5 Å². The molecule has 1 unspecified atom stereocenters. The van der Waals surface area contributed by atoms with Gasteiger partial charge in [0.05, 0.1) is 12.4 Å². The number of amides is 2. The molecule has 3 rings (SSSR count). The van der Waals surface area contributed by atoms with Crippen molar-refractivity contribution < 1.29 is 14.3 Å². The topological polar surface area (TPSA) is 87.7 Å². The van der Waals surface area contributed by atoms with E-state index < -0.39 is 0 Å². The van der Waals surface area contributed by atoms with E-state index in [9.17, 15) is 9.59 Å². The Bertz CT molecular complexity index is 1320. The molecule has 47 heavy (non-hydrogen) atoms. The molecule has 1 aromatic carbocycles. The Morgan fingerprint density at radius 3 is 2.43 bits per heavy atom. The first-order valence-electron chi connectivity index (χ1n) is 17.6. The number of hydrogen-bond acceptors (Lipinski definition) is 7. The predicted octanol–water partition coefficient (Wildman–Crippen LogP) is 8.19. The lowest BCUT2D eigenvalue weighted by Crippen LogP contribution is -2.54. The normalized spacial score (nSPS) is 15.6. The molecule has 2 heterocycles. The summed E-state index contributed by atoms with van der Waals surface area (Å²) in [4.78, 5) is 38.4. The Balaban J connectivity index is 1.43. The summed E-state index contributed by atoms with van der Waals surface area (Å²) in [6.45, 7) is 21.0. The zero-order valence-electron chi connectivity index (χ0n) is 30.1. The second kappa shape index (κ2) is 18.3. The van der Waals surface area contributed by atoms with Crippen molar-refractivity contribution in [2.45, 2.75) is 129 Å². The second-order valence-corrected chi connectivity index (χ2v) is 15.4. The number of anilines is 1. The Morgan fingerprint density at radius 1 is 1.00 bits per heavy atom. The van der Waals surface area contributed by atoms with Gasteiger partial charge in [-0.1, -0.05) is 96.8 Å². The molecule has 1 atom stereocenters. The van der Waals surface area contributed by atoms with Crippen LogP contribution in [0.15, 0.2) is 29.4 Å². The van der Waals surface area contributed by atoms with Gasteiger partial charge in [-0.25, -0.2) is 9.97 Å². The van der Waals surface area contributed by atoms with E-state index in [1.165, 1.54) is 22.9 Å². The van der Waals surface area contributed by atoms with Crippen LogP contribution in [-0.4, -0.2) is 71.3 Å². The summed E-state index contributed by atoms with van der Waals surface area (Å²) in [7, 11) is 0. The van der Waals surface area contributed by atoms with Crippen molar-refractivity contribution in [2.75, 3.05) is 43.4 Å². The zero-order valence-corrected chi connectivity index (χ0v) is 31.7. The fourth-order valence-corrected chi connectivity index (χ4v) is 6.55. The fourth-order valence-electron chi connectivity index (χ4n) is 5.64. The highest BCUT2D eigenvalue weighted by atomic mass is 35.5. The minimum Gasteiger partial charge on any atom is -0.493 e. The molecule has 262 valence electrons. The van der Waals surface area contributed by atoms with Crippen LogP contribution in [0.25, 0.3) is 0 Å². The van der Waals surface area contributed by atoms with E-state index in [0.29, 0.717) is 49.5 Å². The number of nitrogens with one attached hydrogen (secondary N) is 1. The van der Waals surface area contributed by atoms with Crippen molar-refractivity contribution in [3.8, 4) is 5.75 Å². The summed E-state index contributed by atoms with van der Waals surface area (Å²) < 4.78 is 6.29. The first-order chi connectivity index (χ1) is 22.3. The average Bonchev–Trinajstić information content (AvgIpc) is 3.05. The number of carbonyl (C=O) groups excluding carboxylic acids is 2. The Labute approximate surface area is 293 Å². The molecule has 0 aliphatic carbocycles. The molecule has 1 fully saturated rings. The lowest BCUT2D eigenvalue weighted by atomic mass is 9.76. The molecule has 1 aliphatic heterocycles. The van der Waals surface area contributed by atoms with Crippen molar-refractivity contribution in [3.63, 3.8) is 0 Å². The number of hydrogen-bond donors (Lipinski definition) is 1. The fraction of sp³-hybridized carbons (Fsp3) is 0.676. The number of nitrogens with zero attached hydrogens (tertiary/aromatic N) is 4. The maximum Gasteiger partial charge on any atom is 0.230 e. The van der Waals surface area contributed by atoms with Crippen molar-refractivity contribution in [2.24, 2.45) is 0 Å². The van der Waals surface area contributed by atoms with Crippen LogP contribution in [0.2, 0.25) is 5.15 Å². The van der Waals surface area contributed by atoms with Crippen LogP contribution >= 0.6 is 23.4 Å². The van der Waals surface area contributed by atoms with Crippen LogP contribution in [0.3, 0.4) is 0 Å². The van der Waals surface area contributed by atoms with Gasteiger partial charge in [-0.3, -0.25) is 9.59 Å². The standard InChI is InChI=1S/C37H58ClN5O3S/c1-9-12-13-16-34(45)43-21-20-42(25-27(43)4)32-24-31(38)40-35(41-32)47-26-33(44)39-19-14-15-22-46-30-18-17-28(36(5,6)10-2)23-29(30)37(7,8)11-3/h17-18,23-24,27H,9-16,19-22,25-26H2,1-8H3,(H,39,44). The molecule has 1 aliphatic rings. The molecule has 8 nitrogen and oxygen atoms in total. The van der Waals surface area contributed by atoms with E-state index >= 15 is 0 Å². The third-order valence-electron chi connectivity index (χ3n) is 9.67. The van der Waals surface area contributed by atoms with Gasteiger partial charge < -0.3 is 19.9 Å². The second-order valence-electron chi connectivity index (χ2n) is 14.1. The summed E-state index contributed by atoms with van der Waals surface area (Å²) in [5.74, 6) is 2.06. The quantitative estimate of drug-likeness (QED) is 0.0732. The largest absolute Gasteiger partial charge is 0.493 e. The van der Waals surface area contributed by atoms with Gasteiger partial charge in [0.2, 0.25) is 11.8 Å². The lowest BCUT2D eigenvalue weighted by molar-refractivity contribution is -0.133. The molecule has 1 aromatic heterocycles.